The van der Waals surface area contributed by atoms with Crippen LogP contribution in [0.4, 0.5) is 0 Å². The third kappa shape index (κ3) is 3.43. The molecule has 0 fully saturated rings. The number of aryl methyl sites for hydroxylation is 1. The highest BCUT2D eigenvalue weighted by Gasteiger charge is 2.13. The molecule has 3 aromatic heterocycles. The van der Waals surface area contributed by atoms with E-state index in [0.29, 0.717) is 11.6 Å². The van der Waals surface area contributed by atoms with Crippen LogP contribution in [0.15, 0.2) is 42.2 Å². The molecule has 0 aliphatic carbocycles. The van der Waals surface area contributed by atoms with Crippen LogP contribution in [0.5, 0.6) is 0 Å². The van der Waals surface area contributed by atoms with Crippen LogP contribution in [-0.2, 0) is 11.2 Å². The van der Waals surface area contributed by atoms with Gasteiger partial charge in [0.15, 0.2) is 0 Å². The van der Waals surface area contributed by atoms with Crippen molar-refractivity contribution in [2.75, 3.05) is 7.11 Å². The molecule has 0 saturated heterocycles. The van der Waals surface area contributed by atoms with E-state index in [4.69, 9.17) is 16.3 Å². The number of rotatable bonds is 5. The summed E-state index contributed by atoms with van der Waals surface area (Å²) >= 11 is 7.89. The maximum atomic E-state index is 6.33. The first kappa shape index (κ1) is 15.7. The van der Waals surface area contributed by atoms with E-state index >= 15 is 0 Å². The summed E-state index contributed by atoms with van der Waals surface area (Å²) in [4.78, 5) is 8.62. The molecule has 0 amide bonds. The maximum absolute atomic E-state index is 6.33. The van der Waals surface area contributed by atoms with Crippen molar-refractivity contribution in [2.45, 2.75) is 13.3 Å². The first-order valence-corrected chi connectivity index (χ1v) is 8.24. The predicted molar refractivity (Wildman–Crippen MR) is 92.1 cm³/mol. The molecule has 0 aromatic carbocycles. The molecule has 0 radical (unpaired) electrons. The molecule has 0 spiro atoms. The number of methoxy groups -OCH3 is 1. The van der Waals surface area contributed by atoms with Crippen molar-refractivity contribution in [3.05, 3.63) is 58.7 Å². The molecule has 0 saturated carbocycles. The summed E-state index contributed by atoms with van der Waals surface area (Å²) in [6.45, 7) is 1.91. The van der Waals surface area contributed by atoms with Gasteiger partial charge in [-0.3, -0.25) is 0 Å². The molecule has 3 aromatic rings. The average Bonchev–Trinajstić information content (AvgIpc) is 3.19. The van der Waals surface area contributed by atoms with E-state index in [-0.39, 0.29) is 0 Å². The van der Waals surface area contributed by atoms with Gasteiger partial charge in [-0.15, -0.1) is 11.3 Å². The second-order valence-electron chi connectivity index (χ2n) is 4.85. The summed E-state index contributed by atoms with van der Waals surface area (Å²) in [6.07, 6.45) is 7.82. The molecule has 5 nitrogen and oxygen atoms in total. The number of ether oxygens (including phenoxy) is 1. The van der Waals surface area contributed by atoms with Crippen molar-refractivity contribution in [2.24, 2.45) is 0 Å². The van der Waals surface area contributed by atoms with Crippen LogP contribution in [-0.4, -0.2) is 26.9 Å². The Morgan fingerprint density at radius 3 is 3.04 bits per heavy atom. The molecular formula is C16H15ClN4OS. The van der Waals surface area contributed by atoms with Gasteiger partial charge in [-0.25, -0.2) is 14.6 Å². The van der Waals surface area contributed by atoms with Crippen molar-refractivity contribution in [1.82, 2.24) is 19.7 Å². The normalized spacial score (nSPS) is 11.3. The van der Waals surface area contributed by atoms with Crippen molar-refractivity contribution >= 4 is 22.9 Å². The summed E-state index contributed by atoms with van der Waals surface area (Å²) < 4.78 is 6.77. The first-order valence-electron chi connectivity index (χ1n) is 6.99. The van der Waals surface area contributed by atoms with Gasteiger partial charge in [0.05, 0.1) is 19.1 Å². The minimum atomic E-state index is 0.479. The number of hydrogen-bond acceptors (Lipinski definition) is 5. The molecule has 0 aliphatic heterocycles. The second kappa shape index (κ2) is 6.93. The molecule has 0 N–H and O–H groups in total. The van der Waals surface area contributed by atoms with E-state index < -0.39 is 0 Å². The fourth-order valence-electron chi connectivity index (χ4n) is 2.22. The highest BCUT2D eigenvalue weighted by molar-refractivity contribution is 7.13. The van der Waals surface area contributed by atoms with E-state index in [2.05, 4.69) is 15.1 Å². The Morgan fingerprint density at radius 2 is 2.30 bits per heavy atom. The Labute approximate surface area is 143 Å². The van der Waals surface area contributed by atoms with Crippen molar-refractivity contribution in [1.29, 1.82) is 0 Å². The third-order valence-corrected chi connectivity index (χ3v) is 4.33. The summed E-state index contributed by atoms with van der Waals surface area (Å²) in [5.74, 6) is 0. The van der Waals surface area contributed by atoms with Crippen LogP contribution in [0.25, 0.3) is 16.4 Å². The summed E-state index contributed by atoms with van der Waals surface area (Å²) in [6, 6.07) is 3.91. The Balaban J connectivity index is 2.03. The number of thiazole rings is 1. The molecule has 0 bridgehead atoms. The quantitative estimate of drug-likeness (QED) is 0.516. The highest BCUT2D eigenvalue weighted by atomic mass is 35.5. The van der Waals surface area contributed by atoms with Gasteiger partial charge in [-0.2, -0.15) is 5.10 Å². The third-order valence-electron chi connectivity index (χ3n) is 3.22. The predicted octanol–water partition coefficient (Wildman–Crippen LogP) is 4.06. The van der Waals surface area contributed by atoms with E-state index in [1.807, 2.05) is 41.4 Å². The van der Waals surface area contributed by atoms with E-state index in [1.54, 1.807) is 30.9 Å². The topological polar surface area (TPSA) is 52.8 Å². The zero-order chi connectivity index (χ0) is 16.2. The van der Waals surface area contributed by atoms with Gasteiger partial charge in [0, 0.05) is 29.0 Å². The smallest absolute Gasteiger partial charge is 0.143 e. The van der Waals surface area contributed by atoms with Gasteiger partial charge >= 0.3 is 0 Å². The van der Waals surface area contributed by atoms with Gasteiger partial charge in [0.25, 0.3) is 0 Å². The van der Waals surface area contributed by atoms with Crippen LogP contribution in [0, 0.1) is 6.92 Å². The lowest BCUT2D eigenvalue weighted by Gasteiger charge is -2.11. The lowest BCUT2D eigenvalue weighted by Crippen LogP contribution is -2.03. The lowest BCUT2D eigenvalue weighted by atomic mass is 10.1. The summed E-state index contributed by atoms with van der Waals surface area (Å²) in [5.41, 5.74) is 3.49. The molecule has 0 unspecified atom stereocenters. The number of nitrogens with zero attached hydrogens (tertiary/aromatic N) is 4. The van der Waals surface area contributed by atoms with Crippen LogP contribution >= 0.6 is 22.9 Å². The van der Waals surface area contributed by atoms with Crippen molar-refractivity contribution < 1.29 is 4.74 Å². The Kier molecular flexibility index (Phi) is 4.73. The van der Waals surface area contributed by atoms with E-state index in [1.165, 1.54) is 0 Å². The van der Waals surface area contributed by atoms with E-state index in [9.17, 15) is 0 Å². The Morgan fingerprint density at radius 1 is 1.43 bits per heavy atom. The number of halogens is 1. The van der Waals surface area contributed by atoms with Crippen molar-refractivity contribution in [3.63, 3.8) is 0 Å². The molecular weight excluding hydrogens is 332 g/mol. The molecule has 23 heavy (non-hydrogen) atoms. The monoisotopic (exact) mass is 346 g/mol. The zero-order valence-electron chi connectivity index (χ0n) is 12.7. The SMILES string of the molecule is CO/C=C/Cc1c(-n2ccc(-c3nccs3)n2)cc(C)nc1Cl. The van der Waals surface area contributed by atoms with Gasteiger partial charge in [0.1, 0.15) is 15.9 Å². The standard InChI is InChI=1S/C16H15ClN4OS/c1-11-10-14(12(15(17)19-11)4-3-8-22-2)21-7-5-13(20-21)16-18-6-9-23-16/h3,5-10H,4H2,1-2H3/b8-3+. The summed E-state index contributed by atoms with van der Waals surface area (Å²) in [7, 11) is 1.61. The average molecular weight is 347 g/mol. The zero-order valence-corrected chi connectivity index (χ0v) is 14.3. The van der Waals surface area contributed by atoms with Crippen LogP contribution in [0.2, 0.25) is 5.15 Å². The number of pyridine rings is 1. The summed E-state index contributed by atoms with van der Waals surface area (Å²) in [5, 5.41) is 7.92. The number of aromatic nitrogens is 4. The highest BCUT2D eigenvalue weighted by Crippen LogP contribution is 2.26. The van der Waals surface area contributed by atoms with Crippen LogP contribution in [0.1, 0.15) is 11.3 Å². The van der Waals surface area contributed by atoms with Crippen molar-refractivity contribution in [3.8, 4) is 16.4 Å². The molecule has 0 atom stereocenters. The van der Waals surface area contributed by atoms with Crippen LogP contribution in [0.3, 0.4) is 0 Å². The second-order valence-corrected chi connectivity index (χ2v) is 6.10. The van der Waals surface area contributed by atoms with E-state index in [0.717, 1.165) is 27.6 Å². The fourth-order valence-corrected chi connectivity index (χ4v) is 3.13. The minimum Gasteiger partial charge on any atom is -0.505 e. The maximum Gasteiger partial charge on any atom is 0.143 e. The lowest BCUT2D eigenvalue weighted by molar-refractivity contribution is 0.337. The largest absolute Gasteiger partial charge is 0.505 e. The number of hydrogen-bond donors (Lipinski definition) is 0. The molecule has 0 aliphatic rings. The van der Waals surface area contributed by atoms with Gasteiger partial charge in [-0.1, -0.05) is 11.6 Å². The Hall–Kier alpha value is -2.18. The molecule has 3 heterocycles. The first-order chi connectivity index (χ1) is 11.2. The van der Waals surface area contributed by atoms with Gasteiger partial charge < -0.3 is 4.74 Å². The van der Waals surface area contributed by atoms with Gasteiger partial charge in [0.2, 0.25) is 0 Å². The Bertz CT molecular complexity index is 827. The minimum absolute atomic E-state index is 0.479. The van der Waals surface area contributed by atoms with Gasteiger partial charge in [-0.05, 0) is 31.6 Å². The molecule has 3 rings (SSSR count). The fraction of sp³-hybridized carbons (Fsp3) is 0.188. The molecule has 118 valence electrons. The molecule has 7 heteroatoms. The van der Waals surface area contributed by atoms with Crippen LogP contribution < -0.4 is 0 Å². The number of allylic oxidation sites excluding steroid dienone is 1.